The van der Waals surface area contributed by atoms with Gasteiger partial charge in [0.1, 0.15) is 34.4 Å². The Labute approximate surface area is 257 Å². The molecule has 0 aliphatic carbocycles. The fourth-order valence-electron chi connectivity index (χ4n) is 5.64. The second-order valence-corrected chi connectivity index (χ2v) is 11.2. The van der Waals surface area contributed by atoms with Crippen LogP contribution in [0.2, 0.25) is 0 Å². The highest BCUT2D eigenvalue weighted by Crippen LogP contribution is 2.37. The third-order valence-electron chi connectivity index (χ3n) is 7.75. The largest absolute Gasteiger partial charge is 0.496 e. The van der Waals surface area contributed by atoms with Crippen LogP contribution < -0.4 is 15.8 Å². The fourth-order valence-corrected chi connectivity index (χ4v) is 5.64. The number of nitrogens with zero attached hydrogens (tertiary/aromatic N) is 6. The van der Waals surface area contributed by atoms with E-state index in [0.717, 1.165) is 43.5 Å². The summed E-state index contributed by atoms with van der Waals surface area (Å²) in [4.78, 5) is 44.2. The van der Waals surface area contributed by atoms with Gasteiger partial charge in [0, 0.05) is 43.3 Å². The van der Waals surface area contributed by atoms with E-state index in [-0.39, 0.29) is 17.9 Å². The van der Waals surface area contributed by atoms with Gasteiger partial charge in [-0.2, -0.15) is 0 Å². The summed E-state index contributed by atoms with van der Waals surface area (Å²) in [6.45, 7) is 3.44. The molecule has 4 aromatic rings. The number of anilines is 2. The lowest BCUT2D eigenvalue weighted by atomic mass is 10.0. The number of hydrogen-bond donors (Lipinski definition) is 2. The van der Waals surface area contributed by atoms with Gasteiger partial charge < -0.3 is 25.6 Å². The van der Waals surface area contributed by atoms with Gasteiger partial charge in [0.2, 0.25) is 5.91 Å². The van der Waals surface area contributed by atoms with Crippen molar-refractivity contribution in [3.05, 3.63) is 78.0 Å². The Balaban J connectivity index is 1.50. The molecule has 1 fully saturated rings. The third-order valence-corrected chi connectivity index (χ3v) is 7.75. The number of likely N-dealkylation sites (tertiary alicyclic amines) is 1. The summed E-state index contributed by atoms with van der Waals surface area (Å²) < 4.78 is 7.60. The second-order valence-electron chi connectivity index (χ2n) is 11.2. The van der Waals surface area contributed by atoms with E-state index in [4.69, 9.17) is 15.5 Å². The number of nitrogens with one attached hydrogen (secondary N) is 1. The second kappa shape index (κ2) is 13.7. The van der Waals surface area contributed by atoms with Gasteiger partial charge in [-0.3, -0.25) is 14.0 Å². The molecule has 1 unspecified atom stereocenters. The molecule has 1 aliphatic heterocycles. The molecule has 3 aromatic heterocycles. The highest BCUT2D eigenvalue weighted by molar-refractivity contribution is 6.06. The van der Waals surface area contributed by atoms with E-state index < -0.39 is 0 Å². The maximum atomic E-state index is 13.3. The molecule has 0 bridgehead atoms. The lowest BCUT2D eigenvalue weighted by molar-refractivity contribution is -0.130. The van der Waals surface area contributed by atoms with Crippen molar-refractivity contribution in [2.24, 2.45) is 0 Å². The molecule has 1 aliphatic rings. The molecule has 1 saturated heterocycles. The minimum absolute atomic E-state index is 0.0383. The van der Waals surface area contributed by atoms with E-state index in [1.54, 1.807) is 30.6 Å². The first-order valence-corrected chi connectivity index (χ1v) is 15.0. The van der Waals surface area contributed by atoms with Crippen LogP contribution in [0.3, 0.4) is 0 Å². The summed E-state index contributed by atoms with van der Waals surface area (Å²) in [5.74, 6) is 1.54. The first-order chi connectivity index (χ1) is 21.3. The summed E-state index contributed by atoms with van der Waals surface area (Å²) in [5, 5.41) is 2.89. The van der Waals surface area contributed by atoms with E-state index in [2.05, 4.69) is 22.2 Å². The van der Waals surface area contributed by atoms with Gasteiger partial charge in [0.05, 0.1) is 18.7 Å². The summed E-state index contributed by atoms with van der Waals surface area (Å²) in [6, 6.07) is 8.92. The molecular weight excluding hydrogens is 556 g/mol. The first kappa shape index (κ1) is 30.7. The van der Waals surface area contributed by atoms with Crippen LogP contribution in [0.4, 0.5) is 11.6 Å². The average molecular weight is 597 g/mol. The number of hydrogen-bond acceptors (Lipinski definition) is 8. The standard InChI is InChI=1S/C33H40N8O3/c1-5-9-22-14-15-35-27(20-22)37-33(43)24-13-12-23(21-26(24)44-4)29-30-31(34)36-16-19-41(30)32(38-29)25-10-6-7-18-40(25)28(42)11-8-17-39(2)3/h8,11-16,19-21,25H,5-7,9-10,17-18H2,1-4H3,(H2,34,36)(H,35,37,43)/b11-8+. The van der Waals surface area contributed by atoms with Crippen LogP contribution >= 0.6 is 0 Å². The molecule has 0 saturated carbocycles. The van der Waals surface area contributed by atoms with Crippen LogP contribution in [-0.4, -0.2) is 75.3 Å². The van der Waals surface area contributed by atoms with E-state index in [1.807, 2.05) is 58.8 Å². The van der Waals surface area contributed by atoms with Crippen molar-refractivity contribution in [1.29, 1.82) is 0 Å². The highest BCUT2D eigenvalue weighted by atomic mass is 16.5. The lowest BCUT2D eigenvalue weighted by Gasteiger charge is -2.34. The van der Waals surface area contributed by atoms with Gasteiger partial charge in [-0.15, -0.1) is 0 Å². The Morgan fingerprint density at radius 2 is 2.00 bits per heavy atom. The maximum Gasteiger partial charge on any atom is 0.260 e. The number of carbonyl (C=O) groups is 2. The molecule has 4 heterocycles. The van der Waals surface area contributed by atoms with Gasteiger partial charge in [-0.05, 0) is 69.6 Å². The zero-order valence-corrected chi connectivity index (χ0v) is 25.8. The van der Waals surface area contributed by atoms with Crippen LogP contribution in [0.5, 0.6) is 5.75 Å². The summed E-state index contributed by atoms with van der Waals surface area (Å²) in [6.07, 6.45) is 13.3. The van der Waals surface area contributed by atoms with Gasteiger partial charge in [0.15, 0.2) is 0 Å². The number of pyridine rings is 1. The van der Waals surface area contributed by atoms with Gasteiger partial charge >= 0.3 is 0 Å². The predicted octanol–water partition coefficient (Wildman–Crippen LogP) is 4.76. The number of benzene rings is 1. The first-order valence-electron chi connectivity index (χ1n) is 15.0. The van der Waals surface area contributed by atoms with Gasteiger partial charge in [0.25, 0.3) is 5.91 Å². The minimum Gasteiger partial charge on any atom is -0.496 e. The van der Waals surface area contributed by atoms with Crippen LogP contribution in [0.1, 0.15) is 60.4 Å². The van der Waals surface area contributed by atoms with Crippen LogP contribution in [0, 0.1) is 0 Å². The number of imidazole rings is 1. The van der Waals surface area contributed by atoms with Gasteiger partial charge in [-0.1, -0.05) is 25.5 Å². The molecule has 11 nitrogen and oxygen atoms in total. The monoisotopic (exact) mass is 596 g/mol. The van der Waals surface area contributed by atoms with Crippen LogP contribution in [-0.2, 0) is 11.2 Å². The van der Waals surface area contributed by atoms with Crippen molar-refractivity contribution >= 4 is 29.0 Å². The average Bonchev–Trinajstić information content (AvgIpc) is 3.41. The Morgan fingerprint density at radius 1 is 1.16 bits per heavy atom. The normalized spacial score (nSPS) is 15.3. The molecular formula is C33H40N8O3. The molecule has 1 aromatic carbocycles. The zero-order chi connectivity index (χ0) is 31.2. The Morgan fingerprint density at radius 3 is 2.77 bits per heavy atom. The highest BCUT2D eigenvalue weighted by Gasteiger charge is 2.32. The number of aryl methyl sites for hydroxylation is 1. The summed E-state index contributed by atoms with van der Waals surface area (Å²) in [5.41, 5.74) is 9.85. The Hall–Kier alpha value is -4.77. The number of piperidine rings is 1. The molecule has 11 heteroatoms. The topological polar surface area (TPSA) is 131 Å². The number of nitrogens with two attached hydrogens (primary N) is 1. The van der Waals surface area contributed by atoms with Crippen molar-refractivity contribution in [1.82, 2.24) is 29.2 Å². The zero-order valence-electron chi connectivity index (χ0n) is 25.8. The van der Waals surface area contributed by atoms with Crippen molar-refractivity contribution in [2.45, 2.75) is 45.1 Å². The molecule has 1 atom stereocenters. The Bertz CT molecular complexity index is 1680. The minimum atomic E-state index is -0.329. The number of nitrogen functional groups attached to an aromatic ring is 1. The number of likely N-dealkylation sites (N-methyl/N-ethyl adjacent to an activating group) is 1. The van der Waals surface area contributed by atoms with Crippen molar-refractivity contribution in [2.75, 3.05) is 45.3 Å². The SMILES string of the molecule is CCCc1ccnc(NC(=O)c2ccc(-c3nc(C4CCCCN4C(=O)/C=C/CN(C)C)n4ccnc(N)c34)cc2OC)c1. The van der Waals surface area contributed by atoms with Crippen molar-refractivity contribution in [3.63, 3.8) is 0 Å². The number of methoxy groups -OCH3 is 1. The quantitative estimate of drug-likeness (QED) is 0.251. The van der Waals surface area contributed by atoms with Gasteiger partial charge in [-0.25, -0.2) is 15.0 Å². The number of fused-ring (bicyclic) bond motifs is 1. The number of amides is 2. The number of aromatic nitrogens is 4. The number of ether oxygens (including phenoxy) is 1. The fraction of sp³-hybridized carbons (Fsp3) is 0.364. The molecule has 3 N–H and O–H groups in total. The smallest absolute Gasteiger partial charge is 0.260 e. The summed E-state index contributed by atoms with van der Waals surface area (Å²) in [7, 11) is 5.46. The number of carbonyl (C=O) groups excluding carboxylic acids is 2. The molecule has 5 rings (SSSR count). The Kier molecular flexibility index (Phi) is 9.54. The van der Waals surface area contributed by atoms with E-state index >= 15 is 0 Å². The van der Waals surface area contributed by atoms with Crippen molar-refractivity contribution < 1.29 is 14.3 Å². The lowest BCUT2D eigenvalue weighted by Crippen LogP contribution is -2.38. The third kappa shape index (κ3) is 6.57. The van der Waals surface area contributed by atoms with Crippen LogP contribution in [0.15, 0.2) is 61.1 Å². The van der Waals surface area contributed by atoms with E-state index in [1.165, 1.54) is 7.11 Å². The molecule has 44 heavy (non-hydrogen) atoms. The maximum absolute atomic E-state index is 13.3. The molecule has 0 spiro atoms. The molecule has 0 radical (unpaired) electrons. The van der Waals surface area contributed by atoms with E-state index in [0.29, 0.717) is 52.8 Å². The summed E-state index contributed by atoms with van der Waals surface area (Å²) >= 11 is 0. The molecule has 230 valence electrons. The number of rotatable bonds is 10. The van der Waals surface area contributed by atoms with Crippen LogP contribution in [0.25, 0.3) is 16.8 Å². The predicted molar refractivity (Wildman–Crippen MR) is 172 cm³/mol. The van der Waals surface area contributed by atoms with Crippen molar-refractivity contribution in [3.8, 4) is 17.0 Å². The molecule has 2 amide bonds. The van der Waals surface area contributed by atoms with E-state index in [9.17, 15) is 9.59 Å².